The number of benzene rings is 1. The minimum absolute atomic E-state index is 0.294. The maximum absolute atomic E-state index is 14.0. The van der Waals surface area contributed by atoms with Crippen LogP contribution in [0.15, 0.2) is 42.9 Å². The first-order chi connectivity index (χ1) is 8.81. The Balaban J connectivity index is 2.33. The molecule has 0 amide bonds. The second kappa shape index (κ2) is 4.10. The zero-order chi connectivity index (χ0) is 12.5. The van der Waals surface area contributed by atoms with Crippen molar-refractivity contribution in [1.29, 1.82) is 0 Å². The summed E-state index contributed by atoms with van der Waals surface area (Å²) in [6, 6.07) is 6.50. The number of halogens is 1. The normalized spacial score (nSPS) is 10.8. The molecule has 0 fully saturated rings. The van der Waals surface area contributed by atoms with Crippen LogP contribution in [-0.4, -0.2) is 21.9 Å². The molecule has 0 aliphatic rings. The molecule has 5 heteroatoms. The lowest BCUT2D eigenvalue weighted by Gasteiger charge is -2.10. The molecule has 0 aliphatic carbocycles. The number of fused-ring (bicyclic) bond motifs is 1. The Labute approximate surface area is 103 Å². The molecule has 2 aromatic heterocycles. The van der Waals surface area contributed by atoms with E-state index in [4.69, 9.17) is 4.74 Å². The molecule has 18 heavy (non-hydrogen) atoms. The van der Waals surface area contributed by atoms with Crippen LogP contribution in [0.3, 0.4) is 0 Å². The van der Waals surface area contributed by atoms with E-state index in [0.717, 1.165) is 10.9 Å². The van der Waals surface area contributed by atoms with Crippen LogP contribution in [0, 0.1) is 5.82 Å². The Morgan fingerprint density at radius 3 is 2.94 bits per heavy atom. The van der Waals surface area contributed by atoms with Crippen molar-refractivity contribution in [2.45, 2.75) is 0 Å². The molecule has 0 atom stereocenters. The quantitative estimate of drug-likeness (QED) is 0.694. The first-order valence-corrected chi connectivity index (χ1v) is 5.42. The van der Waals surface area contributed by atoms with Crippen LogP contribution in [0.25, 0.3) is 16.6 Å². The zero-order valence-electron chi connectivity index (χ0n) is 9.67. The van der Waals surface area contributed by atoms with Gasteiger partial charge in [-0.25, -0.2) is 9.07 Å². The topological polar surface area (TPSA) is 39.9 Å². The summed E-state index contributed by atoms with van der Waals surface area (Å²) in [5.41, 5.74) is 1.03. The Morgan fingerprint density at radius 2 is 2.11 bits per heavy atom. The van der Waals surface area contributed by atoms with E-state index in [9.17, 15) is 4.39 Å². The average Bonchev–Trinajstić information content (AvgIpc) is 2.82. The molecule has 3 aromatic rings. The van der Waals surface area contributed by atoms with E-state index in [2.05, 4.69) is 10.1 Å². The Bertz CT molecular complexity index is 708. The number of hydrogen-bond acceptors (Lipinski definition) is 3. The number of rotatable bonds is 2. The lowest BCUT2D eigenvalue weighted by molar-refractivity contribution is 0.408. The highest BCUT2D eigenvalue weighted by molar-refractivity contribution is 5.79. The van der Waals surface area contributed by atoms with Crippen molar-refractivity contribution in [3.8, 4) is 11.4 Å². The van der Waals surface area contributed by atoms with E-state index in [1.807, 2.05) is 6.07 Å². The fourth-order valence-corrected chi connectivity index (χ4v) is 1.91. The van der Waals surface area contributed by atoms with Gasteiger partial charge >= 0.3 is 0 Å². The molecule has 0 aliphatic heterocycles. The van der Waals surface area contributed by atoms with Gasteiger partial charge in [0.15, 0.2) is 5.82 Å². The molecular formula is C13H10FN3O. The largest absolute Gasteiger partial charge is 0.494 e. The van der Waals surface area contributed by atoms with Crippen LogP contribution in [-0.2, 0) is 0 Å². The minimum atomic E-state index is -0.386. The van der Waals surface area contributed by atoms with Crippen LogP contribution in [0.2, 0.25) is 0 Å². The number of methoxy groups -OCH3 is 1. The predicted octanol–water partition coefficient (Wildman–Crippen LogP) is 2.57. The van der Waals surface area contributed by atoms with Crippen molar-refractivity contribution in [3.63, 3.8) is 0 Å². The van der Waals surface area contributed by atoms with Crippen LogP contribution < -0.4 is 4.74 Å². The van der Waals surface area contributed by atoms with Gasteiger partial charge in [0.05, 0.1) is 25.0 Å². The SMILES string of the molecule is COc1cccc(F)c1-n1ncc2ccncc21. The molecule has 0 saturated heterocycles. The maximum Gasteiger partial charge on any atom is 0.152 e. The summed E-state index contributed by atoms with van der Waals surface area (Å²) >= 11 is 0. The molecule has 0 unspecified atom stereocenters. The van der Waals surface area contributed by atoms with Gasteiger partial charge in [-0.15, -0.1) is 0 Å². The minimum Gasteiger partial charge on any atom is -0.494 e. The molecule has 0 saturated carbocycles. The number of para-hydroxylation sites is 1. The molecule has 90 valence electrons. The first kappa shape index (κ1) is 10.7. The van der Waals surface area contributed by atoms with Gasteiger partial charge < -0.3 is 4.74 Å². The van der Waals surface area contributed by atoms with Gasteiger partial charge in [0.2, 0.25) is 0 Å². The lowest BCUT2D eigenvalue weighted by atomic mass is 10.2. The summed E-state index contributed by atoms with van der Waals surface area (Å²) in [5, 5.41) is 5.09. The summed E-state index contributed by atoms with van der Waals surface area (Å²) in [6.45, 7) is 0. The van der Waals surface area contributed by atoms with E-state index in [1.54, 1.807) is 30.7 Å². The molecule has 1 aromatic carbocycles. The van der Waals surface area contributed by atoms with E-state index >= 15 is 0 Å². The highest BCUT2D eigenvalue weighted by atomic mass is 19.1. The standard InChI is InChI=1S/C13H10FN3O/c1-18-12-4-2-3-10(14)13(12)17-11-8-15-6-5-9(11)7-16-17/h2-8H,1H3. The van der Waals surface area contributed by atoms with Crippen LogP contribution in [0.5, 0.6) is 5.75 Å². The van der Waals surface area contributed by atoms with E-state index in [0.29, 0.717) is 11.4 Å². The van der Waals surface area contributed by atoms with Crippen LogP contribution >= 0.6 is 0 Å². The monoisotopic (exact) mass is 243 g/mol. The molecule has 0 spiro atoms. The Morgan fingerprint density at radius 1 is 1.22 bits per heavy atom. The maximum atomic E-state index is 14.0. The van der Waals surface area contributed by atoms with E-state index in [-0.39, 0.29) is 5.82 Å². The number of hydrogen-bond donors (Lipinski definition) is 0. The Kier molecular flexibility index (Phi) is 2.44. The zero-order valence-corrected chi connectivity index (χ0v) is 9.67. The van der Waals surface area contributed by atoms with Gasteiger partial charge in [-0.3, -0.25) is 4.98 Å². The third-order valence-electron chi connectivity index (χ3n) is 2.75. The Hall–Kier alpha value is -2.43. The number of aromatic nitrogens is 3. The van der Waals surface area contributed by atoms with Gasteiger partial charge in [-0.05, 0) is 18.2 Å². The third kappa shape index (κ3) is 1.52. The summed E-state index contributed by atoms with van der Waals surface area (Å²) in [7, 11) is 1.50. The first-order valence-electron chi connectivity index (χ1n) is 5.42. The number of nitrogens with zero attached hydrogens (tertiary/aromatic N) is 3. The van der Waals surface area contributed by atoms with E-state index < -0.39 is 0 Å². The smallest absolute Gasteiger partial charge is 0.152 e. The van der Waals surface area contributed by atoms with Gasteiger partial charge in [0.1, 0.15) is 11.4 Å². The van der Waals surface area contributed by atoms with Gasteiger partial charge in [-0.1, -0.05) is 6.07 Å². The molecule has 4 nitrogen and oxygen atoms in total. The summed E-state index contributed by atoms with van der Waals surface area (Å²) in [5.74, 6) is 0.0482. The second-order valence-electron chi connectivity index (χ2n) is 3.78. The summed E-state index contributed by atoms with van der Waals surface area (Å²) in [4.78, 5) is 4.03. The molecule has 3 rings (SSSR count). The van der Waals surface area contributed by atoms with Gasteiger partial charge in [0, 0.05) is 11.6 Å². The van der Waals surface area contributed by atoms with Gasteiger partial charge in [0.25, 0.3) is 0 Å². The molecule has 0 bridgehead atoms. The number of ether oxygens (including phenoxy) is 1. The highest BCUT2D eigenvalue weighted by Crippen LogP contribution is 2.27. The van der Waals surface area contributed by atoms with Crippen LogP contribution in [0.4, 0.5) is 4.39 Å². The molecule has 0 radical (unpaired) electrons. The average molecular weight is 243 g/mol. The van der Waals surface area contributed by atoms with E-state index in [1.165, 1.54) is 17.9 Å². The predicted molar refractivity (Wildman–Crippen MR) is 65.4 cm³/mol. The highest BCUT2D eigenvalue weighted by Gasteiger charge is 2.14. The molecular weight excluding hydrogens is 233 g/mol. The van der Waals surface area contributed by atoms with Crippen molar-refractivity contribution in [1.82, 2.24) is 14.8 Å². The van der Waals surface area contributed by atoms with Crippen molar-refractivity contribution in [2.24, 2.45) is 0 Å². The van der Waals surface area contributed by atoms with Gasteiger partial charge in [-0.2, -0.15) is 5.10 Å². The van der Waals surface area contributed by atoms with Crippen molar-refractivity contribution in [2.75, 3.05) is 7.11 Å². The third-order valence-corrected chi connectivity index (χ3v) is 2.75. The van der Waals surface area contributed by atoms with Crippen molar-refractivity contribution < 1.29 is 9.13 Å². The second-order valence-corrected chi connectivity index (χ2v) is 3.78. The van der Waals surface area contributed by atoms with Crippen molar-refractivity contribution >= 4 is 10.9 Å². The van der Waals surface area contributed by atoms with Crippen molar-refractivity contribution in [3.05, 3.63) is 48.7 Å². The van der Waals surface area contributed by atoms with Crippen LogP contribution in [0.1, 0.15) is 0 Å². The summed E-state index contributed by atoms with van der Waals surface area (Å²) in [6.07, 6.45) is 4.99. The fraction of sp³-hybridized carbons (Fsp3) is 0.0769. The fourth-order valence-electron chi connectivity index (χ4n) is 1.91. The summed E-state index contributed by atoms with van der Waals surface area (Å²) < 4.78 is 20.6. The number of pyridine rings is 1. The lowest BCUT2D eigenvalue weighted by Crippen LogP contribution is -2.02. The molecule has 2 heterocycles. The molecule has 0 N–H and O–H groups in total.